The van der Waals surface area contributed by atoms with E-state index in [0.29, 0.717) is 12.8 Å². The van der Waals surface area contributed by atoms with Gasteiger partial charge in [-0.15, -0.1) is 0 Å². The zero-order chi connectivity index (χ0) is 13.0. The fourth-order valence-electron chi connectivity index (χ4n) is 1.15. The normalized spacial score (nSPS) is 10.7. The molecule has 94 valence electrons. The Hall–Kier alpha value is -0.0600. The quantitative estimate of drug-likeness (QED) is 0.504. The maximum absolute atomic E-state index is 12.6. The van der Waals surface area contributed by atoms with Gasteiger partial charge in [0.1, 0.15) is 5.69 Å². The number of alkyl halides is 2. The van der Waals surface area contributed by atoms with Crippen molar-refractivity contribution in [3.05, 3.63) is 24.6 Å². The van der Waals surface area contributed by atoms with Crippen LogP contribution in [0.1, 0.15) is 24.7 Å². The summed E-state index contributed by atoms with van der Waals surface area (Å²) in [4.78, 5) is 15.1. The molecule has 0 spiro atoms. The van der Waals surface area contributed by atoms with Gasteiger partial charge in [-0.05, 0) is 58.2 Å². The standard InChI is InChI=1S/C10H9F2I2NO2/c1-2-17-8(16)4-7-5(13)3-6(14)9(15-7)10(11)12/h3,10H,2,4H2,1H3. The molecule has 0 aliphatic carbocycles. The molecule has 1 heterocycles. The third kappa shape index (κ3) is 4.27. The van der Waals surface area contributed by atoms with E-state index >= 15 is 0 Å². The Morgan fingerprint density at radius 3 is 2.65 bits per heavy atom. The van der Waals surface area contributed by atoms with Crippen LogP contribution in [-0.4, -0.2) is 17.6 Å². The molecule has 0 aliphatic heterocycles. The van der Waals surface area contributed by atoms with Crippen LogP contribution in [0.4, 0.5) is 8.78 Å². The highest BCUT2D eigenvalue weighted by Gasteiger charge is 2.18. The Kier molecular flexibility index (Phi) is 5.97. The van der Waals surface area contributed by atoms with Crippen LogP contribution < -0.4 is 0 Å². The molecule has 0 saturated carbocycles. The lowest BCUT2D eigenvalue weighted by atomic mass is 10.2. The van der Waals surface area contributed by atoms with E-state index in [0.717, 1.165) is 0 Å². The van der Waals surface area contributed by atoms with Gasteiger partial charge in [0.2, 0.25) is 0 Å². The molecule has 0 atom stereocenters. The van der Waals surface area contributed by atoms with E-state index in [1.54, 1.807) is 35.6 Å². The highest BCUT2D eigenvalue weighted by Crippen LogP contribution is 2.25. The summed E-state index contributed by atoms with van der Waals surface area (Å²) < 4.78 is 31.1. The zero-order valence-corrected chi connectivity index (χ0v) is 13.2. The lowest BCUT2D eigenvalue weighted by molar-refractivity contribution is -0.142. The number of halogens is 4. The topological polar surface area (TPSA) is 39.2 Å². The van der Waals surface area contributed by atoms with E-state index in [1.807, 2.05) is 22.6 Å². The Labute approximate surface area is 125 Å². The highest BCUT2D eigenvalue weighted by atomic mass is 127. The minimum Gasteiger partial charge on any atom is -0.466 e. The minimum absolute atomic E-state index is 0.0806. The Balaban J connectivity index is 2.99. The van der Waals surface area contributed by atoms with Crippen LogP contribution >= 0.6 is 45.2 Å². The second-order valence-corrected chi connectivity index (χ2v) is 5.39. The predicted octanol–water partition coefficient (Wildman–Crippen LogP) is 3.33. The summed E-state index contributed by atoms with van der Waals surface area (Å²) in [6.45, 7) is 1.95. The van der Waals surface area contributed by atoms with Gasteiger partial charge in [0.25, 0.3) is 6.43 Å². The summed E-state index contributed by atoms with van der Waals surface area (Å²) in [5.74, 6) is -0.459. The summed E-state index contributed by atoms with van der Waals surface area (Å²) in [7, 11) is 0. The number of pyridine rings is 1. The van der Waals surface area contributed by atoms with Crippen molar-refractivity contribution in [1.82, 2.24) is 4.98 Å². The van der Waals surface area contributed by atoms with Crippen molar-refractivity contribution in [3.63, 3.8) is 0 Å². The lowest BCUT2D eigenvalue weighted by Gasteiger charge is -2.08. The summed E-state index contributed by atoms with van der Waals surface area (Å²) >= 11 is 3.77. The van der Waals surface area contributed by atoms with E-state index in [2.05, 4.69) is 4.98 Å². The van der Waals surface area contributed by atoms with Crippen LogP contribution in [0.2, 0.25) is 0 Å². The number of esters is 1. The van der Waals surface area contributed by atoms with Crippen molar-refractivity contribution in [1.29, 1.82) is 0 Å². The maximum atomic E-state index is 12.6. The fraction of sp³-hybridized carbons (Fsp3) is 0.400. The molecule has 17 heavy (non-hydrogen) atoms. The van der Waals surface area contributed by atoms with Crippen LogP contribution in [0.5, 0.6) is 0 Å². The van der Waals surface area contributed by atoms with Crippen LogP contribution in [0, 0.1) is 7.14 Å². The van der Waals surface area contributed by atoms with Gasteiger partial charge in [0.15, 0.2) is 0 Å². The van der Waals surface area contributed by atoms with Gasteiger partial charge in [-0.3, -0.25) is 4.79 Å². The first kappa shape index (κ1) is 15.0. The largest absolute Gasteiger partial charge is 0.466 e. The zero-order valence-electron chi connectivity index (χ0n) is 8.84. The van der Waals surface area contributed by atoms with E-state index < -0.39 is 12.4 Å². The number of rotatable bonds is 4. The monoisotopic (exact) mass is 467 g/mol. The molecule has 0 saturated heterocycles. The van der Waals surface area contributed by atoms with Crippen LogP contribution in [0.3, 0.4) is 0 Å². The van der Waals surface area contributed by atoms with Gasteiger partial charge in [0.05, 0.1) is 18.7 Å². The van der Waals surface area contributed by atoms with Crippen molar-refractivity contribution in [3.8, 4) is 0 Å². The maximum Gasteiger partial charge on any atom is 0.311 e. The van der Waals surface area contributed by atoms with Crippen LogP contribution in [0.25, 0.3) is 0 Å². The third-order valence-electron chi connectivity index (χ3n) is 1.85. The Morgan fingerprint density at radius 2 is 2.12 bits per heavy atom. The number of aromatic nitrogens is 1. The van der Waals surface area contributed by atoms with E-state index in [1.165, 1.54) is 0 Å². The number of carbonyl (C=O) groups is 1. The smallest absolute Gasteiger partial charge is 0.311 e. The predicted molar refractivity (Wildman–Crippen MR) is 75.0 cm³/mol. The SMILES string of the molecule is CCOC(=O)Cc1nc(C(F)F)c(I)cc1I. The van der Waals surface area contributed by atoms with Crippen molar-refractivity contribution in [2.24, 2.45) is 0 Å². The van der Waals surface area contributed by atoms with Gasteiger partial charge in [-0.2, -0.15) is 0 Å². The first-order chi connectivity index (χ1) is 7.95. The molecule has 7 heteroatoms. The van der Waals surface area contributed by atoms with Gasteiger partial charge in [0, 0.05) is 7.14 Å². The first-order valence-electron chi connectivity index (χ1n) is 4.74. The van der Waals surface area contributed by atoms with Gasteiger partial charge in [-0.25, -0.2) is 13.8 Å². The third-order valence-corrected chi connectivity index (χ3v) is 3.65. The molecule has 0 aromatic carbocycles. The molecule has 0 fully saturated rings. The first-order valence-corrected chi connectivity index (χ1v) is 6.90. The van der Waals surface area contributed by atoms with E-state index in [9.17, 15) is 13.6 Å². The number of hydrogen-bond acceptors (Lipinski definition) is 3. The van der Waals surface area contributed by atoms with Crippen molar-refractivity contribution >= 4 is 51.2 Å². The van der Waals surface area contributed by atoms with E-state index in [4.69, 9.17) is 4.74 Å². The molecule has 3 nitrogen and oxygen atoms in total. The summed E-state index contributed by atoms with van der Waals surface area (Å²) in [6, 6.07) is 1.59. The second-order valence-electron chi connectivity index (χ2n) is 3.07. The minimum atomic E-state index is -2.64. The average Bonchev–Trinajstić information content (AvgIpc) is 2.21. The molecule has 0 N–H and O–H groups in total. The molecule has 1 rings (SSSR count). The molecule has 0 radical (unpaired) electrons. The van der Waals surface area contributed by atoms with Gasteiger partial charge < -0.3 is 4.74 Å². The van der Waals surface area contributed by atoms with Crippen molar-refractivity contribution in [2.75, 3.05) is 6.61 Å². The summed E-state index contributed by atoms with van der Waals surface area (Å²) in [5, 5.41) is 0. The molecule has 1 aromatic rings. The summed E-state index contributed by atoms with van der Waals surface area (Å²) in [6.07, 6.45) is -2.72. The number of nitrogens with zero attached hydrogens (tertiary/aromatic N) is 1. The van der Waals surface area contributed by atoms with Gasteiger partial charge in [-0.1, -0.05) is 0 Å². The molecule has 0 unspecified atom stereocenters. The molecular weight excluding hydrogens is 458 g/mol. The Bertz CT molecular complexity index is 427. The fourth-order valence-corrected chi connectivity index (χ4v) is 3.03. The Morgan fingerprint density at radius 1 is 1.47 bits per heavy atom. The summed E-state index contributed by atoms with van der Waals surface area (Å²) in [5.41, 5.74) is 0.0464. The van der Waals surface area contributed by atoms with Crippen LogP contribution in [-0.2, 0) is 16.0 Å². The number of carbonyl (C=O) groups excluding carboxylic acids is 1. The molecule has 0 bridgehead atoms. The molecule has 0 aliphatic rings. The average molecular weight is 467 g/mol. The number of hydrogen-bond donors (Lipinski definition) is 0. The van der Waals surface area contributed by atoms with Crippen LogP contribution in [0.15, 0.2) is 6.07 Å². The highest BCUT2D eigenvalue weighted by molar-refractivity contribution is 14.1. The van der Waals surface area contributed by atoms with Crippen molar-refractivity contribution in [2.45, 2.75) is 19.8 Å². The second kappa shape index (κ2) is 6.76. The molecular formula is C10H9F2I2NO2. The van der Waals surface area contributed by atoms with E-state index in [-0.39, 0.29) is 18.7 Å². The lowest BCUT2D eigenvalue weighted by Crippen LogP contribution is -2.12. The molecule has 0 amide bonds. The van der Waals surface area contributed by atoms with Crippen molar-refractivity contribution < 1.29 is 18.3 Å². The molecule has 1 aromatic heterocycles. The number of ether oxygens (including phenoxy) is 1. The van der Waals surface area contributed by atoms with Gasteiger partial charge >= 0.3 is 5.97 Å².